The largest absolute Gasteiger partial charge is 0.495 e. The topological polar surface area (TPSA) is 60.2 Å². The van der Waals surface area contributed by atoms with Crippen molar-refractivity contribution >= 4 is 28.9 Å². The zero-order valence-corrected chi connectivity index (χ0v) is 17.3. The van der Waals surface area contributed by atoms with E-state index in [0.717, 1.165) is 5.56 Å². The average Bonchev–Trinajstić information content (AvgIpc) is 3.23. The minimum absolute atomic E-state index is 0.211. The number of ether oxygens (including phenoxy) is 1. The number of halogens is 3. The SMILES string of the molecule is COc1ccc(Cl)cc1N[C@H](c1ccc(Cl)cc1)c1nnc(-c2cccc(F)c2)o1. The quantitative estimate of drug-likeness (QED) is 0.373. The summed E-state index contributed by atoms with van der Waals surface area (Å²) in [4.78, 5) is 0. The van der Waals surface area contributed by atoms with E-state index in [9.17, 15) is 4.39 Å². The molecule has 0 fully saturated rings. The molecular weight excluding hydrogens is 428 g/mol. The van der Waals surface area contributed by atoms with E-state index in [2.05, 4.69) is 15.5 Å². The van der Waals surface area contributed by atoms with Gasteiger partial charge in [-0.25, -0.2) is 4.39 Å². The Morgan fingerprint density at radius 3 is 2.47 bits per heavy atom. The van der Waals surface area contributed by atoms with Crippen LogP contribution >= 0.6 is 23.2 Å². The normalized spacial score (nSPS) is 11.9. The molecule has 4 rings (SSSR count). The van der Waals surface area contributed by atoms with Gasteiger partial charge in [0.15, 0.2) is 0 Å². The lowest BCUT2D eigenvalue weighted by Crippen LogP contribution is -2.13. The van der Waals surface area contributed by atoms with Crippen molar-refractivity contribution in [1.82, 2.24) is 10.2 Å². The molecule has 0 saturated heterocycles. The third kappa shape index (κ3) is 4.40. The highest BCUT2D eigenvalue weighted by Crippen LogP contribution is 2.34. The second-order valence-electron chi connectivity index (χ2n) is 6.43. The Hall–Kier alpha value is -3.09. The summed E-state index contributed by atoms with van der Waals surface area (Å²) in [5, 5.41) is 12.8. The van der Waals surface area contributed by atoms with Gasteiger partial charge in [-0.1, -0.05) is 41.4 Å². The molecule has 0 aliphatic heterocycles. The molecule has 30 heavy (non-hydrogen) atoms. The molecule has 0 radical (unpaired) electrons. The van der Waals surface area contributed by atoms with Gasteiger partial charge in [-0.05, 0) is 54.1 Å². The maximum atomic E-state index is 13.6. The lowest BCUT2D eigenvalue weighted by molar-refractivity contribution is 0.415. The van der Waals surface area contributed by atoms with Crippen LogP contribution in [0.1, 0.15) is 17.5 Å². The monoisotopic (exact) mass is 443 g/mol. The summed E-state index contributed by atoms with van der Waals surface area (Å²) in [6, 6.07) is 17.9. The van der Waals surface area contributed by atoms with Crippen LogP contribution in [0.25, 0.3) is 11.5 Å². The van der Waals surface area contributed by atoms with Crippen LogP contribution in [0.2, 0.25) is 10.0 Å². The van der Waals surface area contributed by atoms with Gasteiger partial charge in [0, 0.05) is 15.6 Å². The summed E-state index contributed by atoms with van der Waals surface area (Å²) in [6.07, 6.45) is 0. The fourth-order valence-electron chi connectivity index (χ4n) is 2.98. The zero-order valence-electron chi connectivity index (χ0n) is 15.8. The first-order valence-corrected chi connectivity index (χ1v) is 9.74. The predicted molar refractivity (Wildman–Crippen MR) is 115 cm³/mol. The Bertz CT molecular complexity index is 1170. The Kier molecular flexibility index (Phi) is 5.88. The number of rotatable bonds is 6. The van der Waals surface area contributed by atoms with Crippen LogP contribution in [0.15, 0.2) is 71.1 Å². The summed E-state index contributed by atoms with van der Waals surface area (Å²) < 4.78 is 24.9. The van der Waals surface area contributed by atoms with Gasteiger partial charge in [-0.2, -0.15) is 0 Å². The number of methoxy groups -OCH3 is 1. The molecule has 1 N–H and O–H groups in total. The Morgan fingerprint density at radius 2 is 1.73 bits per heavy atom. The number of benzene rings is 3. The maximum Gasteiger partial charge on any atom is 0.247 e. The number of nitrogens with zero attached hydrogens (tertiary/aromatic N) is 2. The van der Waals surface area contributed by atoms with Crippen LogP contribution in [-0.2, 0) is 0 Å². The van der Waals surface area contributed by atoms with Gasteiger partial charge in [-0.15, -0.1) is 10.2 Å². The van der Waals surface area contributed by atoms with Crippen LogP contribution < -0.4 is 10.1 Å². The van der Waals surface area contributed by atoms with Gasteiger partial charge >= 0.3 is 0 Å². The van der Waals surface area contributed by atoms with Gasteiger partial charge < -0.3 is 14.5 Å². The number of hydrogen-bond acceptors (Lipinski definition) is 5. The average molecular weight is 444 g/mol. The third-order valence-corrected chi connectivity index (χ3v) is 4.91. The molecule has 0 bridgehead atoms. The van der Waals surface area contributed by atoms with E-state index in [0.29, 0.717) is 32.9 Å². The first-order valence-electron chi connectivity index (χ1n) is 8.98. The third-order valence-electron chi connectivity index (χ3n) is 4.42. The molecule has 1 aromatic heterocycles. The van der Waals surface area contributed by atoms with Gasteiger partial charge in [0.05, 0.1) is 12.8 Å². The molecular formula is C22H16Cl2FN3O2. The highest BCUT2D eigenvalue weighted by molar-refractivity contribution is 6.31. The zero-order chi connectivity index (χ0) is 21.1. The van der Waals surface area contributed by atoms with E-state index >= 15 is 0 Å². The highest BCUT2D eigenvalue weighted by Gasteiger charge is 2.23. The fourth-order valence-corrected chi connectivity index (χ4v) is 3.28. The molecule has 0 amide bonds. The van der Waals surface area contributed by atoms with E-state index in [1.165, 1.54) is 12.1 Å². The summed E-state index contributed by atoms with van der Waals surface area (Å²) in [7, 11) is 1.57. The van der Waals surface area contributed by atoms with E-state index in [1.54, 1.807) is 49.6 Å². The molecule has 0 aliphatic rings. The summed E-state index contributed by atoms with van der Waals surface area (Å²) in [6.45, 7) is 0. The second-order valence-corrected chi connectivity index (χ2v) is 7.30. The molecule has 5 nitrogen and oxygen atoms in total. The van der Waals surface area contributed by atoms with Gasteiger partial charge in [0.25, 0.3) is 0 Å². The van der Waals surface area contributed by atoms with E-state index in [1.807, 2.05) is 12.1 Å². The lowest BCUT2D eigenvalue weighted by atomic mass is 10.1. The van der Waals surface area contributed by atoms with Crippen LogP contribution in [0.3, 0.4) is 0 Å². The molecule has 3 aromatic carbocycles. The Morgan fingerprint density at radius 1 is 0.967 bits per heavy atom. The number of hydrogen-bond donors (Lipinski definition) is 1. The van der Waals surface area contributed by atoms with Gasteiger partial charge in [0.1, 0.15) is 17.6 Å². The molecule has 1 atom stereocenters. The lowest BCUT2D eigenvalue weighted by Gasteiger charge is -2.19. The van der Waals surface area contributed by atoms with Crippen molar-refractivity contribution in [2.24, 2.45) is 0 Å². The van der Waals surface area contributed by atoms with E-state index in [4.69, 9.17) is 32.4 Å². The molecule has 0 unspecified atom stereocenters. The van der Waals surface area contributed by atoms with Crippen molar-refractivity contribution in [3.8, 4) is 17.2 Å². The molecule has 1 heterocycles. The predicted octanol–water partition coefficient (Wildman–Crippen LogP) is 6.39. The van der Waals surface area contributed by atoms with Crippen molar-refractivity contribution in [1.29, 1.82) is 0 Å². The summed E-state index contributed by atoms with van der Waals surface area (Å²) >= 11 is 12.2. The minimum Gasteiger partial charge on any atom is -0.495 e. The smallest absolute Gasteiger partial charge is 0.247 e. The van der Waals surface area contributed by atoms with Gasteiger partial charge in [0.2, 0.25) is 11.8 Å². The number of aromatic nitrogens is 2. The van der Waals surface area contributed by atoms with Crippen molar-refractivity contribution in [2.75, 3.05) is 12.4 Å². The first-order chi connectivity index (χ1) is 14.5. The van der Waals surface area contributed by atoms with Crippen molar-refractivity contribution in [3.63, 3.8) is 0 Å². The van der Waals surface area contributed by atoms with E-state index < -0.39 is 6.04 Å². The van der Waals surface area contributed by atoms with Crippen LogP contribution in [0, 0.1) is 5.82 Å². The van der Waals surface area contributed by atoms with Crippen LogP contribution in [0.5, 0.6) is 5.75 Å². The highest BCUT2D eigenvalue weighted by atomic mass is 35.5. The minimum atomic E-state index is -0.524. The van der Waals surface area contributed by atoms with Crippen molar-refractivity contribution < 1.29 is 13.5 Å². The second kappa shape index (κ2) is 8.73. The molecule has 0 spiro atoms. The summed E-state index contributed by atoms with van der Waals surface area (Å²) in [5.74, 6) is 0.716. The Labute approximate surface area is 182 Å². The van der Waals surface area contributed by atoms with Crippen LogP contribution in [-0.4, -0.2) is 17.3 Å². The standard InChI is InChI=1S/C22H16Cl2FN3O2/c1-29-19-10-9-16(24)12-18(19)26-20(13-5-7-15(23)8-6-13)22-28-27-21(30-22)14-3-2-4-17(25)11-14/h2-12,20,26H,1H3/t20-/m1/s1. The molecule has 0 saturated carbocycles. The van der Waals surface area contributed by atoms with E-state index in [-0.39, 0.29) is 11.7 Å². The molecule has 8 heteroatoms. The molecule has 152 valence electrons. The van der Waals surface area contributed by atoms with Crippen LogP contribution in [0.4, 0.5) is 10.1 Å². The molecule has 4 aromatic rings. The van der Waals surface area contributed by atoms with Crippen molar-refractivity contribution in [3.05, 3.63) is 94.0 Å². The van der Waals surface area contributed by atoms with Gasteiger partial charge in [-0.3, -0.25) is 0 Å². The van der Waals surface area contributed by atoms with Crippen molar-refractivity contribution in [2.45, 2.75) is 6.04 Å². The first kappa shape index (κ1) is 20.2. The number of anilines is 1. The number of nitrogens with one attached hydrogen (secondary N) is 1. The summed E-state index contributed by atoms with van der Waals surface area (Å²) in [5.41, 5.74) is 1.97. The molecule has 0 aliphatic carbocycles. The fraction of sp³-hybridized carbons (Fsp3) is 0.0909. The Balaban J connectivity index is 1.75. The maximum absolute atomic E-state index is 13.6.